The predicted molar refractivity (Wildman–Crippen MR) is 184 cm³/mol. The maximum Gasteiger partial charge on any atom is 0.136 e. The molecular formula is C39H34P2+2. The molecule has 0 spiro atoms. The summed E-state index contributed by atoms with van der Waals surface area (Å²) in [6.45, 7) is 0. The van der Waals surface area contributed by atoms with E-state index in [4.69, 9.17) is 0 Å². The molecule has 0 aromatic heterocycles. The maximum absolute atomic E-state index is 2.58. The number of hydrogen-bond acceptors (Lipinski definition) is 0. The lowest BCUT2D eigenvalue weighted by atomic mass is 10.4. The molecule has 6 aromatic carbocycles. The van der Waals surface area contributed by atoms with E-state index < -0.39 is 14.5 Å². The highest BCUT2D eigenvalue weighted by atomic mass is 31.2. The fourth-order valence-electron chi connectivity index (χ4n) is 5.87. The van der Waals surface area contributed by atoms with Crippen molar-refractivity contribution in [3.8, 4) is 0 Å². The second-order valence-corrected chi connectivity index (χ2v) is 16.9. The Morgan fingerprint density at radius 3 is 0.829 bits per heavy atom. The Kier molecular flexibility index (Phi) is 8.34. The minimum Gasteiger partial charge on any atom is -0.0620 e. The van der Waals surface area contributed by atoms with E-state index in [1.807, 2.05) is 0 Å². The normalized spacial score (nSPS) is 11.9. The fourth-order valence-corrected chi connectivity index (χ4v) is 13.8. The molecule has 0 atom stereocenters. The molecule has 0 heterocycles. The van der Waals surface area contributed by atoms with Crippen molar-refractivity contribution >= 4 is 46.4 Å². The van der Waals surface area contributed by atoms with E-state index in [0.29, 0.717) is 0 Å². The number of allylic oxidation sites excluding steroid dienone is 1. The molecule has 0 N–H and O–H groups in total. The van der Waals surface area contributed by atoms with Gasteiger partial charge in [0, 0.05) is 0 Å². The summed E-state index contributed by atoms with van der Waals surface area (Å²) in [5.74, 6) is 2.58. The van der Waals surface area contributed by atoms with Gasteiger partial charge < -0.3 is 0 Å². The van der Waals surface area contributed by atoms with E-state index in [-0.39, 0.29) is 0 Å². The molecule has 2 heteroatoms. The third kappa shape index (κ3) is 5.35. The first-order valence-electron chi connectivity index (χ1n) is 14.1. The van der Waals surface area contributed by atoms with Gasteiger partial charge in [-0.3, -0.25) is 0 Å². The third-order valence-corrected chi connectivity index (χ3v) is 16.1. The topological polar surface area (TPSA) is 0 Å². The van der Waals surface area contributed by atoms with Crippen LogP contribution in [0.2, 0.25) is 0 Å². The van der Waals surface area contributed by atoms with Crippen molar-refractivity contribution in [2.45, 2.75) is 0 Å². The Morgan fingerprint density at radius 1 is 0.317 bits per heavy atom. The molecule has 0 saturated heterocycles. The van der Waals surface area contributed by atoms with Crippen LogP contribution in [0.3, 0.4) is 0 Å². The van der Waals surface area contributed by atoms with Crippen LogP contribution in [0.5, 0.6) is 0 Å². The van der Waals surface area contributed by atoms with E-state index in [9.17, 15) is 0 Å². The Hall–Kier alpha value is -4.08. The zero-order chi connectivity index (χ0) is 27.8. The van der Waals surface area contributed by atoms with Gasteiger partial charge in [0.15, 0.2) is 0 Å². The molecule has 0 saturated carbocycles. The average molecular weight is 565 g/mol. The molecule has 0 radical (unpaired) electrons. The molecule has 0 fully saturated rings. The lowest BCUT2D eigenvalue weighted by molar-refractivity contribution is 1.65. The average Bonchev–Trinajstić information content (AvgIpc) is 3.08. The first-order chi connectivity index (χ1) is 20.3. The SMILES string of the molecule is C(=C/[P+](c1ccccc1)(c1ccccc1)c1ccccc1)/C[P+](c1ccccc1)(c1ccccc1)c1ccccc1. The molecule has 198 valence electrons. The van der Waals surface area contributed by atoms with Crippen LogP contribution in [0, 0.1) is 0 Å². The highest BCUT2D eigenvalue weighted by Gasteiger charge is 2.47. The van der Waals surface area contributed by atoms with Crippen LogP contribution >= 0.6 is 14.5 Å². The highest BCUT2D eigenvalue weighted by molar-refractivity contribution is 7.98. The Bertz CT molecular complexity index is 1470. The molecule has 6 rings (SSSR count). The molecule has 0 bridgehead atoms. The summed E-state index contributed by atoms with van der Waals surface area (Å²) in [5, 5.41) is 8.34. The smallest absolute Gasteiger partial charge is 0.0620 e. The predicted octanol–water partition coefficient (Wildman–Crippen LogP) is 7.49. The monoisotopic (exact) mass is 564 g/mol. The molecule has 6 aromatic rings. The van der Waals surface area contributed by atoms with Crippen LogP contribution in [-0.2, 0) is 0 Å². The molecular weight excluding hydrogens is 530 g/mol. The first-order valence-corrected chi connectivity index (χ1v) is 18.0. The quantitative estimate of drug-likeness (QED) is 0.160. The molecule has 0 amide bonds. The van der Waals surface area contributed by atoms with Crippen LogP contribution in [0.25, 0.3) is 0 Å². The largest absolute Gasteiger partial charge is 0.136 e. The summed E-state index contributed by atoms with van der Waals surface area (Å²) < 4.78 is 0. The fraction of sp³-hybridized carbons (Fsp3) is 0.0256. The lowest BCUT2D eigenvalue weighted by Gasteiger charge is -2.27. The molecule has 0 aliphatic carbocycles. The second-order valence-electron chi connectivity index (χ2n) is 10.1. The summed E-state index contributed by atoms with van der Waals surface area (Å²) >= 11 is 0. The number of hydrogen-bond donors (Lipinski definition) is 0. The van der Waals surface area contributed by atoms with E-state index in [0.717, 1.165) is 6.16 Å². The lowest BCUT2D eigenvalue weighted by Crippen LogP contribution is -2.33. The first kappa shape index (κ1) is 27.1. The summed E-state index contributed by atoms with van der Waals surface area (Å²) in [6, 6.07) is 66.8. The van der Waals surface area contributed by atoms with E-state index in [1.165, 1.54) is 31.8 Å². The van der Waals surface area contributed by atoms with Crippen molar-refractivity contribution in [3.05, 3.63) is 194 Å². The molecule has 41 heavy (non-hydrogen) atoms. The van der Waals surface area contributed by atoms with Crippen molar-refractivity contribution < 1.29 is 0 Å². The van der Waals surface area contributed by atoms with Crippen molar-refractivity contribution in [3.63, 3.8) is 0 Å². The molecule has 0 unspecified atom stereocenters. The Balaban J connectivity index is 1.59. The van der Waals surface area contributed by atoms with Crippen molar-refractivity contribution in [2.24, 2.45) is 0 Å². The van der Waals surface area contributed by atoms with Crippen molar-refractivity contribution in [1.82, 2.24) is 0 Å². The van der Waals surface area contributed by atoms with Crippen LogP contribution in [0.4, 0.5) is 0 Å². The maximum atomic E-state index is 2.58. The molecule has 0 aliphatic heterocycles. The highest BCUT2D eigenvalue weighted by Crippen LogP contribution is 2.59. The Labute approximate surface area is 245 Å². The van der Waals surface area contributed by atoms with Gasteiger partial charge in [-0.2, -0.15) is 0 Å². The summed E-state index contributed by atoms with van der Waals surface area (Å²) in [4.78, 5) is 0. The van der Waals surface area contributed by atoms with Gasteiger partial charge in [0.1, 0.15) is 46.4 Å². The zero-order valence-electron chi connectivity index (χ0n) is 23.1. The third-order valence-electron chi connectivity index (χ3n) is 7.79. The van der Waals surface area contributed by atoms with Gasteiger partial charge in [0.05, 0.1) is 12.0 Å². The summed E-state index contributed by atoms with van der Waals surface area (Å²) in [6.07, 6.45) is 3.46. The number of rotatable bonds is 9. The number of benzene rings is 6. The van der Waals surface area contributed by atoms with E-state index >= 15 is 0 Å². The van der Waals surface area contributed by atoms with Crippen LogP contribution < -0.4 is 31.8 Å². The summed E-state index contributed by atoms with van der Waals surface area (Å²) in [7, 11) is -4.06. The molecule has 0 nitrogen and oxygen atoms in total. The standard InChI is InChI=1S/C39H34P2/c1-7-20-34(21-8-1)40(35-22-9-2-10-23-35,36-24-11-3-12-25-36)32-19-33-41(37-26-13-4-14-27-37,38-28-15-5-16-29-38)39-30-17-6-18-31-39/h1-32H,33H2/q+2/b32-19-. The van der Waals surface area contributed by atoms with Gasteiger partial charge in [-0.1, -0.05) is 109 Å². The van der Waals surface area contributed by atoms with Gasteiger partial charge in [0.25, 0.3) is 0 Å². The van der Waals surface area contributed by atoms with Crippen LogP contribution in [-0.4, -0.2) is 6.16 Å². The van der Waals surface area contributed by atoms with Crippen LogP contribution in [0.1, 0.15) is 0 Å². The minimum atomic E-state index is -2.08. The zero-order valence-corrected chi connectivity index (χ0v) is 24.9. The van der Waals surface area contributed by atoms with E-state index in [2.05, 4.69) is 194 Å². The van der Waals surface area contributed by atoms with Gasteiger partial charge in [-0.25, -0.2) is 0 Å². The van der Waals surface area contributed by atoms with Gasteiger partial charge in [-0.05, 0) is 78.9 Å². The summed E-state index contributed by atoms with van der Waals surface area (Å²) in [5.41, 5.74) is 0. The van der Waals surface area contributed by atoms with Gasteiger partial charge in [0.2, 0.25) is 0 Å². The van der Waals surface area contributed by atoms with Crippen LogP contribution in [0.15, 0.2) is 194 Å². The van der Waals surface area contributed by atoms with Crippen molar-refractivity contribution in [1.29, 1.82) is 0 Å². The second kappa shape index (κ2) is 12.6. The van der Waals surface area contributed by atoms with Gasteiger partial charge >= 0.3 is 0 Å². The molecule has 0 aliphatic rings. The Morgan fingerprint density at radius 2 is 0.561 bits per heavy atom. The van der Waals surface area contributed by atoms with Gasteiger partial charge in [-0.15, -0.1) is 0 Å². The minimum absolute atomic E-state index is 0.944. The van der Waals surface area contributed by atoms with E-state index in [1.54, 1.807) is 0 Å². The van der Waals surface area contributed by atoms with Crippen molar-refractivity contribution in [2.75, 3.05) is 6.16 Å².